The van der Waals surface area contributed by atoms with Gasteiger partial charge in [0.25, 0.3) is 5.91 Å². The largest absolute Gasteiger partial charge is 0.480 e. The molecule has 0 aromatic heterocycles. The highest BCUT2D eigenvalue weighted by molar-refractivity contribution is 14.1. The maximum absolute atomic E-state index is 12.2. The molecule has 4 heteroatoms. The minimum absolute atomic E-state index is 0.0969. The third-order valence-corrected chi connectivity index (χ3v) is 4.01. The first-order chi connectivity index (χ1) is 9.24. The minimum Gasteiger partial charge on any atom is -0.480 e. The van der Waals surface area contributed by atoms with Gasteiger partial charge >= 0.3 is 0 Å². The molecular formula is C15H12INO2. The van der Waals surface area contributed by atoms with Crippen LogP contribution in [0.5, 0.6) is 5.75 Å². The standard InChI is InChI=1S/C15H12INO2/c16-11-6-2-3-7-12(11)17-15(18)14-9-10-5-1-4-8-13(10)19-14/h1-8,14H,9H2,(H,17,18). The van der Waals surface area contributed by atoms with Crippen LogP contribution < -0.4 is 10.1 Å². The van der Waals surface area contributed by atoms with Gasteiger partial charge in [0, 0.05) is 9.99 Å². The van der Waals surface area contributed by atoms with Crippen LogP contribution in [-0.4, -0.2) is 12.0 Å². The van der Waals surface area contributed by atoms with E-state index in [9.17, 15) is 4.79 Å². The lowest BCUT2D eigenvalue weighted by molar-refractivity contribution is -0.122. The molecule has 1 amide bonds. The number of hydrogen-bond donors (Lipinski definition) is 1. The topological polar surface area (TPSA) is 38.3 Å². The molecule has 1 aliphatic heterocycles. The summed E-state index contributed by atoms with van der Waals surface area (Å²) in [7, 11) is 0. The van der Waals surface area contributed by atoms with E-state index in [0.717, 1.165) is 20.6 Å². The number of fused-ring (bicyclic) bond motifs is 1. The number of carbonyl (C=O) groups excluding carboxylic acids is 1. The molecule has 2 aromatic carbocycles. The number of benzene rings is 2. The van der Waals surface area contributed by atoms with Gasteiger partial charge < -0.3 is 10.1 Å². The molecule has 19 heavy (non-hydrogen) atoms. The maximum atomic E-state index is 12.2. The van der Waals surface area contributed by atoms with Gasteiger partial charge in [-0.05, 0) is 46.4 Å². The lowest BCUT2D eigenvalue weighted by Crippen LogP contribution is -2.31. The van der Waals surface area contributed by atoms with Crippen molar-refractivity contribution in [2.45, 2.75) is 12.5 Å². The van der Waals surface area contributed by atoms with Gasteiger partial charge in [-0.3, -0.25) is 4.79 Å². The fourth-order valence-electron chi connectivity index (χ4n) is 2.10. The van der Waals surface area contributed by atoms with Gasteiger partial charge in [-0.25, -0.2) is 0 Å². The van der Waals surface area contributed by atoms with E-state index < -0.39 is 6.10 Å². The Morgan fingerprint density at radius 2 is 1.89 bits per heavy atom. The summed E-state index contributed by atoms with van der Waals surface area (Å²) < 4.78 is 6.68. The Hall–Kier alpha value is -1.56. The van der Waals surface area contributed by atoms with Crippen LogP contribution in [0.4, 0.5) is 5.69 Å². The zero-order valence-electron chi connectivity index (χ0n) is 10.1. The third-order valence-electron chi connectivity index (χ3n) is 3.07. The number of amides is 1. The van der Waals surface area contributed by atoms with E-state index >= 15 is 0 Å². The second-order valence-electron chi connectivity index (χ2n) is 4.39. The number of carbonyl (C=O) groups is 1. The van der Waals surface area contributed by atoms with Crippen molar-refractivity contribution in [3.8, 4) is 5.75 Å². The van der Waals surface area contributed by atoms with Crippen molar-refractivity contribution < 1.29 is 9.53 Å². The van der Waals surface area contributed by atoms with Gasteiger partial charge in [0.05, 0.1) is 5.69 Å². The van der Waals surface area contributed by atoms with Crippen LogP contribution >= 0.6 is 22.6 Å². The molecule has 0 aliphatic carbocycles. The molecule has 0 fully saturated rings. The van der Waals surface area contributed by atoms with Crippen LogP contribution in [0.2, 0.25) is 0 Å². The number of halogens is 1. The van der Waals surface area contributed by atoms with Gasteiger partial charge in [-0.15, -0.1) is 0 Å². The molecule has 0 radical (unpaired) electrons. The van der Waals surface area contributed by atoms with Crippen molar-refractivity contribution in [2.75, 3.05) is 5.32 Å². The number of hydrogen-bond acceptors (Lipinski definition) is 2. The fraction of sp³-hybridized carbons (Fsp3) is 0.133. The first-order valence-electron chi connectivity index (χ1n) is 6.04. The molecule has 0 saturated heterocycles. The van der Waals surface area contributed by atoms with Crippen molar-refractivity contribution >= 4 is 34.2 Å². The average molecular weight is 365 g/mol. The molecule has 3 rings (SSSR count). The Morgan fingerprint density at radius 1 is 1.16 bits per heavy atom. The summed E-state index contributed by atoms with van der Waals surface area (Å²) in [6.45, 7) is 0. The van der Waals surface area contributed by atoms with Crippen LogP contribution in [-0.2, 0) is 11.2 Å². The molecule has 96 valence electrons. The van der Waals surface area contributed by atoms with Crippen LogP contribution in [0.3, 0.4) is 0 Å². The molecule has 1 N–H and O–H groups in total. The Kier molecular flexibility index (Phi) is 3.42. The summed E-state index contributed by atoms with van der Waals surface area (Å²) in [4.78, 5) is 12.2. The van der Waals surface area contributed by atoms with Gasteiger partial charge in [-0.1, -0.05) is 30.3 Å². The molecule has 1 unspecified atom stereocenters. The highest BCUT2D eigenvalue weighted by Crippen LogP contribution is 2.29. The number of anilines is 1. The molecule has 1 heterocycles. The Bertz CT molecular complexity index is 602. The zero-order valence-corrected chi connectivity index (χ0v) is 12.3. The summed E-state index contributed by atoms with van der Waals surface area (Å²) in [6.07, 6.45) is 0.194. The van der Waals surface area contributed by atoms with Crippen molar-refractivity contribution in [3.63, 3.8) is 0 Å². The quantitative estimate of drug-likeness (QED) is 0.830. The first-order valence-corrected chi connectivity index (χ1v) is 7.12. The summed E-state index contributed by atoms with van der Waals surface area (Å²) in [5, 5.41) is 2.92. The monoisotopic (exact) mass is 365 g/mol. The SMILES string of the molecule is O=C(Nc1ccccc1I)C1Cc2ccccc2O1. The maximum Gasteiger partial charge on any atom is 0.265 e. The highest BCUT2D eigenvalue weighted by Gasteiger charge is 2.28. The second-order valence-corrected chi connectivity index (χ2v) is 5.55. The predicted octanol–water partition coefficient (Wildman–Crippen LogP) is 3.23. The third kappa shape index (κ3) is 2.58. The molecule has 0 spiro atoms. The predicted molar refractivity (Wildman–Crippen MR) is 82.4 cm³/mol. The molecule has 2 aromatic rings. The Labute approximate surface area is 125 Å². The lowest BCUT2D eigenvalue weighted by Gasteiger charge is -2.12. The van der Waals surface area contributed by atoms with E-state index in [2.05, 4.69) is 27.9 Å². The Morgan fingerprint density at radius 3 is 2.68 bits per heavy atom. The van der Waals surface area contributed by atoms with Crippen LogP contribution in [0.1, 0.15) is 5.56 Å². The van der Waals surface area contributed by atoms with Gasteiger partial charge in [0.15, 0.2) is 6.10 Å². The van der Waals surface area contributed by atoms with Crippen molar-refractivity contribution in [2.24, 2.45) is 0 Å². The van der Waals surface area contributed by atoms with Crippen molar-refractivity contribution in [3.05, 3.63) is 57.7 Å². The van der Waals surface area contributed by atoms with E-state index in [4.69, 9.17) is 4.74 Å². The number of ether oxygens (including phenoxy) is 1. The summed E-state index contributed by atoms with van der Waals surface area (Å²) in [6, 6.07) is 15.5. The first kappa shape index (κ1) is 12.5. The number of nitrogens with one attached hydrogen (secondary N) is 1. The number of para-hydroxylation sites is 2. The highest BCUT2D eigenvalue weighted by atomic mass is 127. The molecule has 1 aliphatic rings. The minimum atomic E-state index is -0.437. The molecule has 0 bridgehead atoms. The molecular weight excluding hydrogens is 353 g/mol. The van der Waals surface area contributed by atoms with Gasteiger partial charge in [0.2, 0.25) is 0 Å². The normalized spacial score (nSPS) is 16.6. The van der Waals surface area contributed by atoms with E-state index in [0.29, 0.717) is 6.42 Å². The second kappa shape index (κ2) is 5.21. The van der Waals surface area contributed by atoms with E-state index in [-0.39, 0.29) is 5.91 Å². The molecule has 1 atom stereocenters. The average Bonchev–Trinajstić information content (AvgIpc) is 2.85. The summed E-state index contributed by atoms with van der Waals surface area (Å²) in [5.74, 6) is 0.714. The van der Waals surface area contributed by atoms with Crippen LogP contribution in [0.15, 0.2) is 48.5 Å². The smallest absolute Gasteiger partial charge is 0.265 e. The van der Waals surface area contributed by atoms with Crippen LogP contribution in [0.25, 0.3) is 0 Å². The fourth-order valence-corrected chi connectivity index (χ4v) is 2.63. The van der Waals surface area contributed by atoms with Crippen molar-refractivity contribution in [1.82, 2.24) is 0 Å². The van der Waals surface area contributed by atoms with E-state index in [1.54, 1.807) is 0 Å². The molecule has 0 saturated carbocycles. The zero-order chi connectivity index (χ0) is 13.2. The number of rotatable bonds is 2. The van der Waals surface area contributed by atoms with Gasteiger partial charge in [0.1, 0.15) is 5.75 Å². The van der Waals surface area contributed by atoms with Crippen LogP contribution in [0, 0.1) is 3.57 Å². The molecule has 3 nitrogen and oxygen atoms in total. The van der Waals surface area contributed by atoms with Gasteiger partial charge in [-0.2, -0.15) is 0 Å². The van der Waals surface area contributed by atoms with Crippen molar-refractivity contribution in [1.29, 1.82) is 0 Å². The Balaban J connectivity index is 1.72. The lowest BCUT2D eigenvalue weighted by atomic mass is 10.1. The summed E-state index contributed by atoms with van der Waals surface area (Å²) in [5.41, 5.74) is 1.91. The summed E-state index contributed by atoms with van der Waals surface area (Å²) >= 11 is 2.20. The van der Waals surface area contributed by atoms with E-state index in [1.807, 2.05) is 48.5 Å². The van der Waals surface area contributed by atoms with E-state index in [1.165, 1.54) is 0 Å².